The summed E-state index contributed by atoms with van der Waals surface area (Å²) >= 11 is 0. The van der Waals surface area contributed by atoms with Gasteiger partial charge >= 0.3 is 0 Å². The van der Waals surface area contributed by atoms with Crippen LogP contribution in [0.15, 0.2) is 36.4 Å². The van der Waals surface area contributed by atoms with E-state index in [1.807, 2.05) is 6.92 Å². The highest BCUT2D eigenvalue weighted by Gasteiger charge is 2.08. The van der Waals surface area contributed by atoms with Gasteiger partial charge in [-0.05, 0) is 38.5 Å². The second kappa shape index (κ2) is 5.31. The summed E-state index contributed by atoms with van der Waals surface area (Å²) in [6.45, 7) is 6.14. The SMILES string of the molecule is Cc1cc(C)cc(C(C)Nc2ccc(O)c(F)c2)c1. The van der Waals surface area contributed by atoms with E-state index >= 15 is 0 Å². The Kier molecular flexibility index (Phi) is 3.74. The third-order valence-corrected chi connectivity index (χ3v) is 3.07. The fourth-order valence-corrected chi connectivity index (χ4v) is 2.19. The minimum absolute atomic E-state index is 0.0718. The van der Waals surface area contributed by atoms with E-state index in [-0.39, 0.29) is 11.8 Å². The Morgan fingerprint density at radius 2 is 1.68 bits per heavy atom. The average Bonchev–Trinajstić information content (AvgIpc) is 2.32. The van der Waals surface area contributed by atoms with Crippen molar-refractivity contribution in [3.8, 4) is 5.75 Å². The molecule has 0 fully saturated rings. The fraction of sp³-hybridized carbons (Fsp3) is 0.250. The molecule has 2 rings (SSSR count). The van der Waals surface area contributed by atoms with Crippen molar-refractivity contribution < 1.29 is 9.50 Å². The zero-order chi connectivity index (χ0) is 14.0. The molecular formula is C16H18FNO. The molecule has 0 aliphatic rings. The number of rotatable bonds is 3. The van der Waals surface area contributed by atoms with Crippen LogP contribution in [0.1, 0.15) is 29.7 Å². The van der Waals surface area contributed by atoms with Crippen molar-refractivity contribution in [3.05, 3.63) is 58.9 Å². The van der Waals surface area contributed by atoms with Crippen LogP contribution in [0.25, 0.3) is 0 Å². The summed E-state index contributed by atoms with van der Waals surface area (Å²) in [4.78, 5) is 0. The average molecular weight is 259 g/mol. The van der Waals surface area contributed by atoms with Crippen LogP contribution in [0.4, 0.5) is 10.1 Å². The quantitative estimate of drug-likeness (QED) is 0.804. The number of halogens is 1. The predicted molar refractivity (Wildman–Crippen MR) is 76.0 cm³/mol. The molecule has 3 heteroatoms. The van der Waals surface area contributed by atoms with Crippen LogP contribution in [0, 0.1) is 19.7 Å². The third-order valence-electron chi connectivity index (χ3n) is 3.07. The maximum Gasteiger partial charge on any atom is 0.166 e. The summed E-state index contributed by atoms with van der Waals surface area (Å²) in [5.74, 6) is -0.942. The third kappa shape index (κ3) is 3.25. The molecule has 2 nitrogen and oxygen atoms in total. The number of hydrogen-bond acceptors (Lipinski definition) is 2. The number of nitrogens with one attached hydrogen (secondary N) is 1. The molecule has 1 atom stereocenters. The van der Waals surface area contributed by atoms with Crippen LogP contribution in [-0.4, -0.2) is 5.11 Å². The summed E-state index contributed by atoms with van der Waals surface area (Å²) in [7, 11) is 0. The lowest BCUT2D eigenvalue weighted by molar-refractivity contribution is 0.432. The Labute approximate surface area is 112 Å². The van der Waals surface area contributed by atoms with Crippen molar-refractivity contribution in [2.24, 2.45) is 0 Å². The maximum atomic E-state index is 13.3. The first-order valence-electron chi connectivity index (χ1n) is 6.29. The molecular weight excluding hydrogens is 241 g/mol. The maximum absolute atomic E-state index is 13.3. The van der Waals surface area contributed by atoms with Crippen molar-refractivity contribution in [1.29, 1.82) is 0 Å². The molecule has 0 aromatic heterocycles. The van der Waals surface area contributed by atoms with Crippen molar-refractivity contribution in [2.75, 3.05) is 5.32 Å². The molecule has 0 aliphatic heterocycles. The molecule has 2 aromatic carbocycles. The molecule has 0 aliphatic carbocycles. The summed E-state index contributed by atoms with van der Waals surface area (Å²) in [6.07, 6.45) is 0. The highest BCUT2D eigenvalue weighted by Crippen LogP contribution is 2.24. The summed E-state index contributed by atoms with van der Waals surface area (Å²) in [6, 6.07) is 10.7. The first-order valence-corrected chi connectivity index (χ1v) is 6.29. The Bertz CT molecular complexity index is 575. The van der Waals surface area contributed by atoms with Crippen LogP contribution >= 0.6 is 0 Å². The number of phenolic OH excluding ortho intramolecular Hbond substituents is 1. The number of hydrogen-bond donors (Lipinski definition) is 2. The molecule has 2 N–H and O–H groups in total. The lowest BCUT2D eigenvalue weighted by atomic mass is 10.0. The number of benzene rings is 2. The fourth-order valence-electron chi connectivity index (χ4n) is 2.19. The molecule has 2 aromatic rings. The van der Waals surface area contributed by atoms with Gasteiger partial charge in [0, 0.05) is 17.8 Å². The van der Waals surface area contributed by atoms with Gasteiger partial charge in [0.05, 0.1) is 0 Å². The van der Waals surface area contributed by atoms with Gasteiger partial charge in [-0.15, -0.1) is 0 Å². The van der Waals surface area contributed by atoms with Gasteiger partial charge in [-0.1, -0.05) is 29.3 Å². The van der Waals surface area contributed by atoms with Crippen LogP contribution < -0.4 is 5.32 Å². The highest BCUT2D eigenvalue weighted by atomic mass is 19.1. The van der Waals surface area contributed by atoms with E-state index < -0.39 is 5.82 Å². The summed E-state index contributed by atoms with van der Waals surface area (Å²) < 4.78 is 13.3. The Morgan fingerprint density at radius 3 is 2.26 bits per heavy atom. The van der Waals surface area contributed by atoms with Gasteiger partial charge in [-0.25, -0.2) is 4.39 Å². The van der Waals surface area contributed by atoms with E-state index in [4.69, 9.17) is 5.11 Å². The largest absolute Gasteiger partial charge is 0.505 e. The van der Waals surface area contributed by atoms with Crippen molar-refractivity contribution in [2.45, 2.75) is 26.8 Å². The lowest BCUT2D eigenvalue weighted by Gasteiger charge is -2.17. The van der Waals surface area contributed by atoms with E-state index in [1.165, 1.54) is 23.3 Å². The standard InChI is InChI=1S/C16H18FNO/c1-10-6-11(2)8-13(7-10)12(3)18-14-4-5-16(19)15(17)9-14/h4-9,12,18-19H,1-3H3. The van der Waals surface area contributed by atoms with Crippen LogP contribution in [0.2, 0.25) is 0 Å². The van der Waals surface area contributed by atoms with E-state index in [0.29, 0.717) is 5.69 Å². The molecule has 0 heterocycles. The zero-order valence-corrected chi connectivity index (χ0v) is 11.4. The van der Waals surface area contributed by atoms with Crippen molar-refractivity contribution in [1.82, 2.24) is 0 Å². The number of anilines is 1. The molecule has 0 saturated heterocycles. The van der Waals surface area contributed by atoms with E-state index in [0.717, 1.165) is 5.56 Å². The van der Waals surface area contributed by atoms with Crippen LogP contribution in [-0.2, 0) is 0 Å². The van der Waals surface area contributed by atoms with Gasteiger partial charge in [0.25, 0.3) is 0 Å². The monoisotopic (exact) mass is 259 g/mol. The molecule has 100 valence electrons. The Balaban J connectivity index is 2.20. The van der Waals surface area contributed by atoms with E-state index in [2.05, 4.69) is 37.4 Å². The van der Waals surface area contributed by atoms with Crippen LogP contribution in [0.5, 0.6) is 5.75 Å². The lowest BCUT2D eigenvalue weighted by Crippen LogP contribution is -2.07. The summed E-state index contributed by atoms with van der Waals surface area (Å²) in [5.41, 5.74) is 4.23. The topological polar surface area (TPSA) is 32.3 Å². The molecule has 0 spiro atoms. The summed E-state index contributed by atoms with van der Waals surface area (Å²) in [5, 5.41) is 12.4. The predicted octanol–water partition coefficient (Wildman–Crippen LogP) is 4.32. The van der Waals surface area contributed by atoms with Crippen molar-refractivity contribution in [3.63, 3.8) is 0 Å². The number of aromatic hydroxyl groups is 1. The number of aryl methyl sites for hydroxylation is 2. The minimum Gasteiger partial charge on any atom is -0.505 e. The molecule has 19 heavy (non-hydrogen) atoms. The first-order chi connectivity index (χ1) is 8.95. The van der Waals surface area contributed by atoms with Gasteiger partial charge < -0.3 is 10.4 Å². The minimum atomic E-state index is -0.613. The van der Waals surface area contributed by atoms with Crippen molar-refractivity contribution >= 4 is 5.69 Å². The first kappa shape index (κ1) is 13.4. The van der Waals surface area contributed by atoms with Crippen LogP contribution in [0.3, 0.4) is 0 Å². The molecule has 0 amide bonds. The smallest absolute Gasteiger partial charge is 0.166 e. The number of phenols is 1. The van der Waals surface area contributed by atoms with Gasteiger partial charge in [0.15, 0.2) is 11.6 Å². The normalized spacial score (nSPS) is 12.2. The highest BCUT2D eigenvalue weighted by molar-refractivity contribution is 5.49. The second-order valence-corrected chi connectivity index (χ2v) is 4.95. The van der Waals surface area contributed by atoms with E-state index in [9.17, 15) is 4.39 Å². The molecule has 0 radical (unpaired) electrons. The van der Waals surface area contributed by atoms with E-state index in [1.54, 1.807) is 6.07 Å². The zero-order valence-electron chi connectivity index (χ0n) is 11.4. The molecule has 0 bridgehead atoms. The molecule has 1 unspecified atom stereocenters. The van der Waals surface area contributed by atoms with Gasteiger partial charge in [-0.3, -0.25) is 0 Å². The Hall–Kier alpha value is -2.03. The second-order valence-electron chi connectivity index (χ2n) is 4.95. The van der Waals surface area contributed by atoms with Gasteiger partial charge in [0.1, 0.15) is 0 Å². The molecule has 0 saturated carbocycles. The van der Waals surface area contributed by atoms with Gasteiger partial charge in [-0.2, -0.15) is 0 Å². The Morgan fingerprint density at radius 1 is 1.05 bits per heavy atom. The van der Waals surface area contributed by atoms with Gasteiger partial charge in [0.2, 0.25) is 0 Å².